The molecule has 1 aliphatic heterocycles. The minimum atomic E-state index is -0.420. The molecular weight excluding hydrogens is 381 g/mol. The number of benzene rings is 2. The number of anilines is 1. The lowest BCUT2D eigenvalue weighted by molar-refractivity contribution is 0.0952. The minimum absolute atomic E-state index is 0.186. The second-order valence-electron chi connectivity index (χ2n) is 8.02. The van der Waals surface area contributed by atoms with Crippen LogP contribution in [0, 0.1) is 12.7 Å². The molecule has 3 rings (SSSR count). The van der Waals surface area contributed by atoms with Crippen molar-refractivity contribution in [3.63, 3.8) is 0 Å². The zero-order valence-corrected chi connectivity index (χ0v) is 18.3. The Morgan fingerprint density at radius 2 is 2.00 bits per heavy atom. The Hall–Kier alpha value is -3.15. The predicted octanol–water partition coefficient (Wildman–Crippen LogP) is 4.93. The number of hydrogen-bond acceptors (Lipinski definition) is 4. The molecule has 6 heteroatoms. The van der Waals surface area contributed by atoms with Gasteiger partial charge in [-0.1, -0.05) is 12.1 Å². The number of ether oxygens (including phenoxy) is 1. The topological polar surface area (TPSA) is 53.9 Å². The predicted molar refractivity (Wildman–Crippen MR) is 120 cm³/mol. The zero-order chi connectivity index (χ0) is 22.1. The lowest BCUT2D eigenvalue weighted by Gasteiger charge is -2.42. The van der Waals surface area contributed by atoms with Gasteiger partial charge in [0.05, 0.1) is 24.4 Å². The molecule has 0 saturated carbocycles. The number of hydrazone groups is 1. The molecule has 1 amide bonds. The molecule has 5 nitrogen and oxygen atoms in total. The van der Waals surface area contributed by atoms with E-state index in [-0.39, 0.29) is 11.4 Å². The van der Waals surface area contributed by atoms with E-state index in [4.69, 9.17) is 4.74 Å². The van der Waals surface area contributed by atoms with Crippen LogP contribution >= 0.6 is 0 Å². The molecule has 1 aliphatic rings. The molecule has 0 bridgehead atoms. The van der Waals surface area contributed by atoms with E-state index in [2.05, 4.69) is 42.3 Å². The maximum atomic E-state index is 14.8. The first kappa shape index (κ1) is 21.6. The Balaban J connectivity index is 1.86. The van der Waals surface area contributed by atoms with E-state index in [9.17, 15) is 9.18 Å². The van der Waals surface area contributed by atoms with Gasteiger partial charge in [0.15, 0.2) is 0 Å². The van der Waals surface area contributed by atoms with Crippen LogP contribution in [0.3, 0.4) is 0 Å². The fourth-order valence-electron chi connectivity index (χ4n) is 4.00. The summed E-state index contributed by atoms with van der Waals surface area (Å²) < 4.78 is 20.1. The number of halogens is 1. The molecule has 2 aromatic rings. The van der Waals surface area contributed by atoms with E-state index in [0.29, 0.717) is 16.9 Å². The standard InChI is InChI=1S/C24H28FN3O2/c1-7-28-21-12-20(25)17(11-19(21)16(3)13-24(28,4)5)14-26-27-23(29)18-9-8-15(2)10-22(18)30-6/h8-14H,7H2,1-6H3,(H,27,29)/b26-14-. The van der Waals surface area contributed by atoms with Crippen molar-refractivity contribution >= 4 is 23.4 Å². The van der Waals surface area contributed by atoms with Crippen molar-refractivity contribution in [3.8, 4) is 5.75 Å². The number of hydrogen-bond donors (Lipinski definition) is 1. The monoisotopic (exact) mass is 409 g/mol. The normalized spacial score (nSPS) is 15.0. The average Bonchev–Trinajstić information content (AvgIpc) is 2.68. The van der Waals surface area contributed by atoms with Crippen LogP contribution in [0.5, 0.6) is 5.75 Å². The highest BCUT2D eigenvalue weighted by atomic mass is 19.1. The van der Waals surface area contributed by atoms with Gasteiger partial charge in [0.25, 0.3) is 5.91 Å². The maximum Gasteiger partial charge on any atom is 0.275 e. The van der Waals surface area contributed by atoms with Gasteiger partial charge in [-0.05, 0) is 70.0 Å². The van der Waals surface area contributed by atoms with Crippen molar-refractivity contribution in [1.29, 1.82) is 0 Å². The summed E-state index contributed by atoms with van der Waals surface area (Å²) in [6.45, 7) is 11.0. The molecule has 30 heavy (non-hydrogen) atoms. The number of methoxy groups -OCH3 is 1. The third-order valence-electron chi connectivity index (χ3n) is 5.38. The van der Waals surface area contributed by atoms with Crippen molar-refractivity contribution in [2.75, 3.05) is 18.6 Å². The Morgan fingerprint density at radius 1 is 1.27 bits per heavy atom. The van der Waals surface area contributed by atoms with Crippen LogP contribution in [-0.4, -0.2) is 31.3 Å². The molecular formula is C24H28FN3O2. The summed E-state index contributed by atoms with van der Waals surface area (Å²) in [5, 5.41) is 3.97. The third kappa shape index (κ3) is 4.08. The third-order valence-corrected chi connectivity index (χ3v) is 5.38. The molecule has 0 aliphatic carbocycles. The molecule has 1 heterocycles. The fourth-order valence-corrected chi connectivity index (χ4v) is 4.00. The Bertz CT molecular complexity index is 1040. The van der Waals surface area contributed by atoms with Crippen LogP contribution < -0.4 is 15.1 Å². The van der Waals surface area contributed by atoms with Gasteiger partial charge in [-0.3, -0.25) is 4.79 Å². The summed E-state index contributed by atoms with van der Waals surface area (Å²) in [5.74, 6) is -0.342. The maximum absolute atomic E-state index is 14.8. The summed E-state index contributed by atoms with van der Waals surface area (Å²) in [4.78, 5) is 14.6. The highest BCUT2D eigenvalue weighted by Gasteiger charge is 2.30. The minimum Gasteiger partial charge on any atom is -0.496 e. The first-order valence-corrected chi connectivity index (χ1v) is 9.97. The van der Waals surface area contributed by atoms with E-state index in [0.717, 1.165) is 28.9 Å². The number of amides is 1. The van der Waals surface area contributed by atoms with Gasteiger partial charge >= 0.3 is 0 Å². The molecule has 0 atom stereocenters. The van der Waals surface area contributed by atoms with E-state index in [1.54, 1.807) is 24.3 Å². The lowest BCUT2D eigenvalue weighted by Crippen LogP contribution is -2.45. The summed E-state index contributed by atoms with van der Waals surface area (Å²) in [7, 11) is 1.51. The highest BCUT2D eigenvalue weighted by molar-refractivity contribution is 5.97. The number of carbonyl (C=O) groups is 1. The average molecular weight is 410 g/mol. The zero-order valence-electron chi connectivity index (χ0n) is 18.3. The van der Waals surface area contributed by atoms with E-state index >= 15 is 0 Å². The van der Waals surface area contributed by atoms with Gasteiger partial charge in [-0.25, -0.2) is 9.82 Å². The largest absolute Gasteiger partial charge is 0.496 e. The van der Waals surface area contributed by atoms with Gasteiger partial charge in [0, 0.05) is 23.4 Å². The van der Waals surface area contributed by atoms with Gasteiger partial charge in [-0.15, -0.1) is 0 Å². The molecule has 158 valence electrons. The quantitative estimate of drug-likeness (QED) is 0.563. The van der Waals surface area contributed by atoms with Gasteiger partial charge in [-0.2, -0.15) is 5.10 Å². The molecule has 0 spiro atoms. The summed E-state index contributed by atoms with van der Waals surface area (Å²) in [6, 6.07) is 8.59. The number of fused-ring (bicyclic) bond motifs is 1. The number of rotatable bonds is 5. The highest BCUT2D eigenvalue weighted by Crippen LogP contribution is 2.39. The molecule has 0 aromatic heterocycles. The number of carbonyl (C=O) groups excluding carboxylic acids is 1. The van der Waals surface area contributed by atoms with Gasteiger partial charge in [0.2, 0.25) is 0 Å². The smallest absolute Gasteiger partial charge is 0.275 e. The second kappa shape index (κ2) is 8.30. The van der Waals surface area contributed by atoms with Gasteiger partial charge in [0.1, 0.15) is 11.6 Å². The van der Waals surface area contributed by atoms with Crippen molar-refractivity contribution in [1.82, 2.24) is 5.43 Å². The van der Waals surface area contributed by atoms with E-state index < -0.39 is 5.91 Å². The number of nitrogens with zero attached hydrogens (tertiary/aromatic N) is 2. The van der Waals surface area contributed by atoms with Crippen molar-refractivity contribution in [3.05, 3.63) is 64.5 Å². The SMILES string of the molecule is CCN1c2cc(F)c(/C=N\NC(=O)c3ccc(C)cc3OC)cc2C(C)=CC1(C)C. The Labute approximate surface area is 177 Å². The van der Waals surface area contributed by atoms with Crippen LogP contribution in [0.1, 0.15) is 54.7 Å². The molecule has 0 radical (unpaired) electrons. The van der Waals surface area contributed by atoms with Crippen molar-refractivity contribution < 1.29 is 13.9 Å². The second-order valence-corrected chi connectivity index (χ2v) is 8.02. The molecule has 2 aromatic carbocycles. The first-order chi connectivity index (χ1) is 14.2. The number of aryl methyl sites for hydroxylation is 1. The first-order valence-electron chi connectivity index (χ1n) is 9.97. The molecule has 1 N–H and O–H groups in total. The van der Waals surface area contributed by atoms with Crippen molar-refractivity contribution in [2.24, 2.45) is 5.10 Å². The lowest BCUT2D eigenvalue weighted by atomic mass is 9.88. The van der Waals surface area contributed by atoms with Crippen LogP contribution in [-0.2, 0) is 0 Å². The molecule has 0 saturated heterocycles. The molecule has 0 unspecified atom stereocenters. The number of nitrogens with one attached hydrogen (secondary N) is 1. The van der Waals surface area contributed by atoms with Crippen LogP contribution in [0.4, 0.5) is 10.1 Å². The van der Waals surface area contributed by atoms with Crippen LogP contribution in [0.15, 0.2) is 41.5 Å². The number of allylic oxidation sites excluding steroid dienone is 1. The summed E-state index contributed by atoms with van der Waals surface area (Å²) >= 11 is 0. The van der Waals surface area contributed by atoms with Crippen LogP contribution in [0.2, 0.25) is 0 Å². The summed E-state index contributed by atoms with van der Waals surface area (Å²) in [5.41, 5.74) is 6.84. The van der Waals surface area contributed by atoms with Crippen molar-refractivity contribution in [2.45, 2.75) is 40.2 Å². The molecule has 0 fully saturated rings. The Kier molecular flexibility index (Phi) is 5.97. The van der Waals surface area contributed by atoms with Crippen LogP contribution in [0.25, 0.3) is 5.57 Å². The van der Waals surface area contributed by atoms with Gasteiger partial charge < -0.3 is 9.64 Å². The fraction of sp³-hybridized carbons (Fsp3) is 0.333. The van der Waals surface area contributed by atoms with E-state index in [1.807, 2.05) is 19.9 Å². The number of likely N-dealkylation sites (N-methyl/N-ethyl adjacent to an activating group) is 1. The summed E-state index contributed by atoms with van der Waals surface area (Å²) in [6.07, 6.45) is 3.51. The van der Waals surface area contributed by atoms with E-state index in [1.165, 1.54) is 13.3 Å². The Morgan fingerprint density at radius 3 is 2.67 bits per heavy atom.